The van der Waals surface area contributed by atoms with Gasteiger partial charge in [-0.15, -0.1) is 10.2 Å². The van der Waals surface area contributed by atoms with Gasteiger partial charge < -0.3 is 10.4 Å². The standard InChI is InChI=1S/C27H35N5OS/c1-5-20-10-9-11-21(6-2)24(20)28-27(34)30-29-25-22-12-7-8-13-23(22)32(26(25)33)17-31-15-18(3)14-19(4)16-31/h7-13,18-19,33H,5-6,14-17H2,1-4H3,(H,28,34)/t18-,19+. The largest absolute Gasteiger partial charge is 0.493 e. The van der Waals surface area contributed by atoms with Gasteiger partial charge in [-0.05, 0) is 60.5 Å². The Bertz CT molecular complexity index is 1170. The van der Waals surface area contributed by atoms with Crippen molar-refractivity contribution in [2.45, 2.75) is 53.6 Å². The number of anilines is 1. The smallest absolute Gasteiger partial charge is 0.221 e. The third-order valence-corrected chi connectivity index (χ3v) is 6.86. The third kappa shape index (κ3) is 5.15. The molecular formula is C27H35N5OS. The lowest BCUT2D eigenvalue weighted by Gasteiger charge is -2.35. The van der Waals surface area contributed by atoms with E-state index < -0.39 is 0 Å². The number of rotatable bonds is 6. The van der Waals surface area contributed by atoms with Gasteiger partial charge >= 0.3 is 0 Å². The zero-order chi connectivity index (χ0) is 24.2. The van der Waals surface area contributed by atoms with Crippen LogP contribution in [0.5, 0.6) is 5.88 Å². The lowest BCUT2D eigenvalue weighted by molar-refractivity contribution is 0.108. The molecule has 0 aliphatic carbocycles. The minimum absolute atomic E-state index is 0.127. The molecule has 0 unspecified atom stereocenters. The van der Waals surface area contributed by atoms with Gasteiger partial charge in [-0.3, -0.25) is 9.47 Å². The van der Waals surface area contributed by atoms with E-state index in [2.05, 4.69) is 66.3 Å². The first kappa shape index (κ1) is 24.4. The lowest BCUT2D eigenvalue weighted by atomic mass is 9.92. The summed E-state index contributed by atoms with van der Waals surface area (Å²) in [6, 6.07) is 14.2. The van der Waals surface area contributed by atoms with Crippen LogP contribution in [0.15, 0.2) is 52.7 Å². The molecule has 6 nitrogen and oxygen atoms in total. The molecule has 7 heteroatoms. The molecular weight excluding hydrogens is 442 g/mol. The van der Waals surface area contributed by atoms with Crippen LogP contribution in [0.4, 0.5) is 11.4 Å². The van der Waals surface area contributed by atoms with Gasteiger partial charge in [-0.25, -0.2) is 0 Å². The van der Waals surface area contributed by atoms with E-state index in [4.69, 9.17) is 12.2 Å². The van der Waals surface area contributed by atoms with Gasteiger partial charge in [0.25, 0.3) is 0 Å². The summed E-state index contributed by atoms with van der Waals surface area (Å²) in [4.78, 5) is 2.41. The molecule has 34 heavy (non-hydrogen) atoms. The average molecular weight is 478 g/mol. The summed E-state index contributed by atoms with van der Waals surface area (Å²) >= 11 is 5.51. The molecule has 1 saturated heterocycles. The molecule has 0 spiro atoms. The quantitative estimate of drug-likeness (QED) is 0.300. The number of para-hydroxylation sites is 2. The Morgan fingerprint density at radius 3 is 2.32 bits per heavy atom. The lowest BCUT2D eigenvalue weighted by Crippen LogP contribution is -2.39. The van der Waals surface area contributed by atoms with Crippen molar-refractivity contribution in [3.8, 4) is 5.88 Å². The second-order valence-electron chi connectivity index (χ2n) is 9.53. The summed E-state index contributed by atoms with van der Waals surface area (Å²) < 4.78 is 1.94. The van der Waals surface area contributed by atoms with Crippen molar-refractivity contribution in [2.75, 3.05) is 18.4 Å². The second-order valence-corrected chi connectivity index (χ2v) is 9.92. The van der Waals surface area contributed by atoms with E-state index >= 15 is 0 Å². The van der Waals surface area contributed by atoms with Crippen molar-refractivity contribution in [2.24, 2.45) is 22.1 Å². The van der Waals surface area contributed by atoms with E-state index in [1.54, 1.807) is 0 Å². The first-order chi connectivity index (χ1) is 16.4. The highest BCUT2D eigenvalue weighted by Gasteiger charge is 2.24. The van der Waals surface area contributed by atoms with Crippen molar-refractivity contribution in [1.82, 2.24) is 9.47 Å². The van der Waals surface area contributed by atoms with Crippen LogP contribution in [0.1, 0.15) is 45.2 Å². The van der Waals surface area contributed by atoms with Crippen molar-refractivity contribution in [1.29, 1.82) is 0 Å². The Morgan fingerprint density at radius 2 is 1.68 bits per heavy atom. The van der Waals surface area contributed by atoms with Gasteiger partial charge in [-0.1, -0.05) is 64.1 Å². The summed E-state index contributed by atoms with van der Waals surface area (Å²) in [5.41, 5.74) is 4.81. The van der Waals surface area contributed by atoms with Gasteiger partial charge in [0.05, 0.1) is 12.2 Å². The summed E-state index contributed by atoms with van der Waals surface area (Å²) in [5, 5.41) is 24.3. The summed E-state index contributed by atoms with van der Waals surface area (Å²) in [6.07, 6.45) is 3.05. The molecule has 2 aromatic carbocycles. The monoisotopic (exact) mass is 477 g/mol. The van der Waals surface area contributed by atoms with Crippen molar-refractivity contribution >= 4 is 39.6 Å². The second kappa shape index (κ2) is 10.7. The third-order valence-electron chi connectivity index (χ3n) is 6.67. The number of hydrogen-bond acceptors (Lipinski definition) is 4. The van der Waals surface area contributed by atoms with Crippen LogP contribution in [-0.4, -0.2) is 32.8 Å². The van der Waals surface area contributed by atoms with Gasteiger partial charge in [0.15, 0.2) is 5.69 Å². The van der Waals surface area contributed by atoms with Crippen molar-refractivity contribution < 1.29 is 5.11 Å². The van der Waals surface area contributed by atoms with Crippen LogP contribution in [0.25, 0.3) is 10.9 Å². The number of nitrogens with zero attached hydrogens (tertiary/aromatic N) is 4. The Balaban J connectivity index is 1.60. The fourth-order valence-corrected chi connectivity index (χ4v) is 5.39. The topological polar surface area (TPSA) is 65.2 Å². The van der Waals surface area contributed by atoms with E-state index in [0.29, 0.717) is 24.2 Å². The maximum Gasteiger partial charge on any atom is 0.221 e. The zero-order valence-electron chi connectivity index (χ0n) is 20.6. The number of aryl methyl sites for hydroxylation is 2. The minimum atomic E-state index is 0.127. The Kier molecular flexibility index (Phi) is 7.63. The average Bonchev–Trinajstić information content (AvgIpc) is 3.08. The number of fused-ring (bicyclic) bond motifs is 1. The number of thiocarbonyl (C=S) groups is 1. The number of hydrogen-bond donors (Lipinski definition) is 2. The molecule has 2 N–H and O–H groups in total. The molecule has 2 atom stereocenters. The maximum atomic E-state index is 11.2. The number of piperidine rings is 1. The molecule has 3 aromatic rings. The van der Waals surface area contributed by atoms with Crippen LogP contribution in [-0.2, 0) is 19.5 Å². The number of aromatic hydroxyl groups is 1. The molecule has 0 amide bonds. The normalized spacial score (nSPS) is 19.2. The molecule has 180 valence electrons. The van der Waals surface area contributed by atoms with E-state index in [1.807, 2.05) is 28.8 Å². The SMILES string of the molecule is CCc1cccc(CC)c1NC(=S)N=Nc1c(O)n(CN2C[C@H](C)C[C@H](C)C2)c2ccccc12. The number of benzene rings is 2. The maximum absolute atomic E-state index is 11.2. The fraction of sp³-hybridized carbons (Fsp3) is 0.444. The van der Waals surface area contributed by atoms with Crippen molar-refractivity contribution in [3.63, 3.8) is 0 Å². The van der Waals surface area contributed by atoms with E-state index in [0.717, 1.165) is 42.5 Å². The first-order valence-corrected chi connectivity index (χ1v) is 12.7. The molecule has 1 aliphatic rings. The molecule has 1 aliphatic heterocycles. The van der Waals surface area contributed by atoms with Crippen LogP contribution >= 0.6 is 12.2 Å². The minimum Gasteiger partial charge on any atom is -0.493 e. The first-order valence-electron chi connectivity index (χ1n) is 12.3. The Morgan fingerprint density at radius 1 is 1.03 bits per heavy atom. The van der Waals surface area contributed by atoms with Gasteiger partial charge in [-0.2, -0.15) is 0 Å². The summed E-state index contributed by atoms with van der Waals surface area (Å²) in [5.74, 6) is 1.42. The van der Waals surface area contributed by atoms with Gasteiger partial charge in [0.2, 0.25) is 11.0 Å². The van der Waals surface area contributed by atoms with Crippen LogP contribution in [0.3, 0.4) is 0 Å². The van der Waals surface area contributed by atoms with E-state index in [9.17, 15) is 5.11 Å². The number of nitrogens with one attached hydrogen (secondary N) is 1. The molecule has 0 radical (unpaired) electrons. The van der Waals surface area contributed by atoms with Gasteiger partial charge in [0.1, 0.15) is 0 Å². The highest BCUT2D eigenvalue weighted by atomic mass is 32.1. The van der Waals surface area contributed by atoms with Crippen molar-refractivity contribution in [3.05, 3.63) is 53.6 Å². The summed E-state index contributed by atoms with van der Waals surface area (Å²) in [6.45, 7) is 11.5. The number of likely N-dealkylation sites (tertiary alicyclic amines) is 1. The number of azo groups is 1. The van der Waals surface area contributed by atoms with Gasteiger partial charge in [0, 0.05) is 24.2 Å². The highest BCUT2D eigenvalue weighted by molar-refractivity contribution is 7.80. The Hall–Kier alpha value is -2.77. The molecule has 4 rings (SSSR count). The fourth-order valence-electron chi connectivity index (χ4n) is 5.25. The molecule has 1 aromatic heterocycles. The van der Waals surface area contributed by atoms with Crippen LogP contribution < -0.4 is 5.32 Å². The summed E-state index contributed by atoms with van der Waals surface area (Å²) in [7, 11) is 0. The van der Waals surface area contributed by atoms with E-state index in [1.165, 1.54) is 17.5 Å². The molecule has 0 saturated carbocycles. The highest BCUT2D eigenvalue weighted by Crippen LogP contribution is 2.39. The predicted molar refractivity (Wildman–Crippen MR) is 144 cm³/mol. The molecule has 0 bridgehead atoms. The Labute approximate surface area is 207 Å². The predicted octanol–water partition coefficient (Wildman–Crippen LogP) is 6.89. The van der Waals surface area contributed by atoms with E-state index in [-0.39, 0.29) is 11.0 Å². The molecule has 1 fully saturated rings. The van der Waals surface area contributed by atoms with Crippen LogP contribution in [0.2, 0.25) is 0 Å². The molecule has 2 heterocycles. The van der Waals surface area contributed by atoms with Crippen LogP contribution in [0, 0.1) is 11.8 Å². The zero-order valence-corrected chi connectivity index (χ0v) is 21.4. The number of aromatic nitrogens is 1.